The maximum atomic E-state index is 13.1. The number of nitrogens with zero attached hydrogens (tertiary/aromatic N) is 1. The van der Waals surface area contributed by atoms with Crippen molar-refractivity contribution in [3.63, 3.8) is 0 Å². The summed E-state index contributed by atoms with van der Waals surface area (Å²) < 4.78 is 13.1. The Morgan fingerprint density at radius 1 is 1.14 bits per heavy atom. The average Bonchev–Trinajstić information content (AvgIpc) is 2.51. The van der Waals surface area contributed by atoms with Gasteiger partial charge in [-0.25, -0.2) is 4.39 Å². The highest BCUT2D eigenvalue weighted by Crippen LogP contribution is 2.41. The average molecular weight is 299 g/mol. The van der Waals surface area contributed by atoms with Crippen molar-refractivity contribution >= 4 is 11.9 Å². The number of amides is 1. The van der Waals surface area contributed by atoms with Crippen molar-refractivity contribution in [1.82, 2.24) is 4.90 Å². The number of benzene rings is 2. The smallest absolute Gasteiger partial charge is 0.313 e. The summed E-state index contributed by atoms with van der Waals surface area (Å²) >= 11 is 0. The highest BCUT2D eigenvalue weighted by molar-refractivity contribution is 6.00. The van der Waals surface area contributed by atoms with Crippen LogP contribution in [-0.4, -0.2) is 28.9 Å². The lowest BCUT2D eigenvalue weighted by molar-refractivity contribution is -0.140. The van der Waals surface area contributed by atoms with Crippen LogP contribution < -0.4 is 0 Å². The van der Waals surface area contributed by atoms with Crippen LogP contribution in [0, 0.1) is 5.82 Å². The number of fused-ring (bicyclic) bond motifs is 1. The zero-order valence-electron chi connectivity index (χ0n) is 11.9. The quantitative estimate of drug-likeness (QED) is 0.927. The molecule has 0 saturated heterocycles. The Bertz CT molecular complexity index is 742. The van der Waals surface area contributed by atoms with Gasteiger partial charge in [0.15, 0.2) is 0 Å². The molecular formula is C17H14FNO3. The van der Waals surface area contributed by atoms with Gasteiger partial charge >= 0.3 is 5.97 Å². The lowest BCUT2D eigenvalue weighted by Gasteiger charge is -2.38. The van der Waals surface area contributed by atoms with E-state index in [2.05, 4.69) is 0 Å². The number of carboxylic acid groups (broad SMARTS) is 1. The van der Waals surface area contributed by atoms with E-state index >= 15 is 0 Å². The zero-order valence-corrected chi connectivity index (χ0v) is 11.9. The number of rotatable bonds is 2. The van der Waals surface area contributed by atoms with Gasteiger partial charge in [0.05, 0.1) is 6.04 Å². The first-order valence-electron chi connectivity index (χ1n) is 6.85. The van der Waals surface area contributed by atoms with Gasteiger partial charge in [-0.15, -0.1) is 0 Å². The summed E-state index contributed by atoms with van der Waals surface area (Å²) in [5.74, 6) is -2.53. The molecule has 2 aromatic carbocycles. The molecule has 1 aliphatic heterocycles. The van der Waals surface area contributed by atoms with Crippen LogP contribution in [0.5, 0.6) is 0 Å². The molecule has 1 amide bonds. The van der Waals surface area contributed by atoms with Crippen molar-refractivity contribution in [1.29, 1.82) is 0 Å². The molecule has 1 N–H and O–H groups in total. The summed E-state index contributed by atoms with van der Waals surface area (Å²) in [4.78, 5) is 25.7. The summed E-state index contributed by atoms with van der Waals surface area (Å²) in [7, 11) is 1.57. The number of likely N-dealkylation sites (N-methyl/N-ethyl adjacent to an activating group) is 1. The lowest BCUT2D eigenvalue weighted by atomic mass is 9.80. The van der Waals surface area contributed by atoms with Crippen molar-refractivity contribution in [2.75, 3.05) is 7.05 Å². The van der Waals surface area contributed by atoms with E-state index in [0.717, 1.165) is 0 Å². The predicted octanol–water partition coefficient (Wildman–Crippen LogP) is 2.82. The second-order valence-corrected chi connectivity index (χ2v) is 5.32. The molecule has 0 spiro atoms. The van der Waals surface area contributed by atoms with Crippen LogP contribution in [-0.2, 0) is 4.79 Å². The molecule has 2 atom stereocenters. The molecule has 0 unspecified atom stereocenters. The van der Waals surface area contributed by atoms with Gasteiger partial charge in [0.25, 0.3) is 5.91 Å². The van der Waals surface area contributed by atoms with Gasteiger partial charge in [0, 0.05) is 12.6 Å². The summed E-state index contributed by atoms with van der Waals surface area (Å²) in [5.41, 5.74) is 1.49. The van der Waals surface area contributed by atoms with E-state index in [9.17, 15) is 19.1 Å². The molecule has 2 aromatic rings. The number of hydrogen-bond donors (Lipinski definition) is 1. The van der Waals surface area contributed by atoms with Gasteiger partial charge < -0.3 is 10.0 Å². The number of carbonyl (C=O) groups excluding carboxylic acids is 1. The van der Waals surface area contributed by atoms with E-state index in [1.54, 1.807) is 31.3 Å². The van der Waals surface area contributed by atoms with Crippen LogP contribution in [0.4, 0.5) is 4.39 Å². The second-order valence-electron chi connectivity index (χ2n) is 5.32. The van der Waals surface area contributed by atoms with Crippen LogP contribution in [0.25, 0.3) is 0 Å². The Balaban J connectivity index is 2.18. The van der Waals surface area contributed by atoms with Crippen molar-refractivity contribution in [2.24, 2.45) is 0 Å². The highest BCUT2D eigenvalue weighted by atomic mass is 19.1. The molecule has 0 aliphatic carbocycles. The standard InChI is InChI=1S/C17H14FNO3/c1-19-15(10-6-8-11(18)9-7-10)14(17(21)22)12-4-2-3-5-13(12)16(19)20/h2-9,14-15H,1H3,(H,21,22)/t14-,15-/m0/s1. The minimum atomic E-state index is -1.01. The molecule has 5 heteroatoms. The molecule has 0 radical (unpaired) electrons. The molecule has 0 saturated carbocycles. The van der Waals surface area contributed by atoms with Gasteiger partial charge in [-0.3, -0.25) is 9.59 Å². The maximum absolute atomic E-state index is 13.1. The fourth-order valence-electron chi connectivity index (χ4n) is 3.02. The van der Waals surface area contributed by atoms with Crippen LogP contribution >= 0.6 is 0 Å². The number of hydrogen-bond acceptors (Lipinski definition) is 2. The maximum Gasteiger partial charge on any atom is 0.313 e. The summed E-state index contributed by atoms with van der Waals surface area (Å²) in [6, 6.07) is 11.6. The van der Waals surface area contributed by atoms with Crippen molar-refractivity contribution in [3.05, 3.63) is 71.0 Å². The Kier molecular flexibility index (Phi) is 3.41. The monoisotopic (exact) mass is 299 g/mol. The molecule has 0 bridgehead atoms. The van der Waals surface area contributed by atoms with E-state index in [0.29, 0.717) is 16.7 Å². The third-order valence-corrected chi connectivity index (χ3v) is 4.06. The van der Waals surface area contributed by atoms with Crippen LogP contribution in [0.2, 0.25) is 0 Å². The van der Waals surface area contributed by atoms with Crippen LogP contribution in [0.3, 0.4) is 0 Å². The number of aliphatic carboxylic acids is 1. The molecular weight excluding hydrogens is 285 g/mol. The van der Waals surface area contributed by atoms with E-state index in [-0.39, 0.29) is 5.91 Å². The Labute approximate surface area is 126 Å². The Hall–Kier alpha value is -2.69. The molecule has 3 rings (SSSR count). The van der Waals surface area contributed by atoms with Crippen LogP contribution in [0.15, 0.2) is 48.5 Å². The van der Waals surface area contributed by atoms with Gasteiger partial charge in [0.2, 0.25) is 0 Å². The topological polar surface area (TPSA) is 57.6 Å². The van der Waals surface area contributed by atoms with E-state index < -0.39 is 23.7 Å². The van der Waals surface area contributed by atoms with Gasteiger partial charge in [-0.2, -0.15) is 0 Å². The molecule has 4 nitrogen and oxygen atoms in total. The van der Waals surface area contributed by atoms with Crippen molar-refractivity contribution < 1.29 is 19.1 Å². The van der Waals surface area contributed by atoms with Gasteiger partial charge in [-0.05, 0) is 29.3 Å². The number of halogens is 1. The largest absolute Gasteiger partial charge is 0.481 e. The summed E-state index contributed by atoms with van der Waals surface area (Å²) in [5, 5.41) is 9.66. The first kappa shape index (κ1) is 14.3. The van der Waals surface area contributed by atoms with Crippen molar-refractivity contribution in [3.8, 4) is 0 Å². The number of carbonyl (C=O) groups is 2. The summed E-state index contributed by atoms with van der Waals surface area (Å²) in [6.07, 6.45) is 0. The molecule has 22 heavy (non-hydrogen) atoms. The number of carboxylic acids is 1. The molecule has 0 aromatic heterocycles. The van der Waals surface area contributed by atoms with Gasteiger partial charge in [0.1, 0.15) is 11.7 Å². The molecule has 1 aliphatic rings. The Morgan fingerprint density at radius 2 is 1.77 bits per heavy atom. The van der Waals surface area contributed by atoms with E-state index in [1.165, 1.54) is 29.2 Å². The van der Waals surface area contributed by atoms with Gasteiger partial charge in [-0.1, -0.05) is 30.3 Å². The molecule has 112 valence electrons. The molecule has 1 heterocycles. The SMILES string of the molecule is CN1C(=O)c2ccccc2[C@H](C(=O)O)[C@@H]1c1ccc(F)cc1. The normalized spacial score (nSPS) is 20.6. The highest BCUT2D eigenvalue weighted by Gasteiger charge is 2.42. The second kappa shape index (κ2) is 5.26. The first-order valence-corrected chi connectivity index (χ1v) is 6.85. The minimum Gasteiger partial charge on any atom is -0.481 e. The van der Waals surface area contributed by atoms with E-state index in [1.807, 2.05) is 0 Å². The van der Waals surface area contributed by atoms with Crippen molar-refractivity contribution in [2.45, 2.75) is 12.0 Å². The Morgan fingerprint density at radius 3 is 2.41 bits per heavy atom. The third kappa shape index (κ3) is 2.15. The fourth-order valence-corrected chi connectivity index (χ4v) is 3.02. The van der Waals surface area contributed by atoms with E-state index in [4.69, 9.17) is 0 Å². The third-order valence-electron chi connectivity index (χ3n) is 4.06. The predicted molar refractivity (Wildman–Crippen MR) is 78.1 cm³/mol. The van der Waals surface area contributed by atoms with Crippen LogP contribution in [0.1, 0.15) is 33.4 Å². The fraction of sp³-hybridized carbons (Fsp3) is 0.176. The summed E-state index contributed by atoms with van der Waals surface area (Å²) in [6.45, 7) is 0. The minimum absolute atomic E-state index is 0.234. The first-order chi connectivity index (χ1) is 10.5. The molecule has 0 fully saturated rings. The zero-order chi connectivity index (χ0) is 15.9. The lowest BCUT2D eigenvalue weighted by Crippen LogP contribution is -2.42.